The summed E-state index contributed by atoms with van der Waals surface area (Å²) >= 11 is 0. The van der Waals surface area contributed by atoms with E-state index in [1.807, 2.05) is 37.8 Å². The fourth-order valence-corrected chi connectivity index (χ4v) is 3.35. The van der Waals surface area contributed by atoms with E-state index in [2.05, 4.69) is 49.6 Å². The normalized spacial score (nSPS) is 19.6. The first-order valence-electron chi connectivity index (χ1n) is 9.06. The Morgan fingerprint density at radius 2 is 1.84 bits per heavy atom. The van der Waals surface area contributed by atoms with Crippen LogP contribution in [0.2, 0.25) is 0 Å². The number of nitrogens with zero attached hydrogens (tertiary/aromatic N) is 2. The molecule has 1 unspecified atom stereocenters. The molecule has 1 fully saturated rings. The molecule has 0 bridgehead atoms. The molecule has 1 amide bonds. The quantitative estimate of drug-likeness (QED) is 0.758. The van der Waals surface area contributed by atoms with Gasteiger partial charge in [-0.05, 0) is 46.6 Å². The van der Waals surface area contributed by atoms with Crippen molar-refractivity contribution in [1.29, 1.82) is 0 Å². The lowest BCUT2D eigenvalue weighted by atomic mass is 9.90. The molecule has 1 heterocycles. The van der Waals surface area contributed by atoms with Crippen molar-refractivity contribution in [2.24, 2.45) is 0 Å². The lowest BCUT2D eigenvalue weighted by molar-refractivity contribution is -0.0190. The van der Waals surface area contributed by atoms with E-state index < -0.39 is 5.60 Å². The summed E-state index contributed by atoms with van der Waals surface area (Å²) < 4.78 is 5.59. The first kappa shape index (κ1) is 19.5. The van der Waals surface area contributed by atoms with E-state index in [-0.39, 0.29) is 17.7 Å². The highest BCUT2D eigenvalue weighted by Crippen LogP contribution is 2.31. The Balaban J connectivity index is 2.15. The summed E-state index contributed by atoms with van der Waals surface area (Å²) in [6, 6.07) is 10.6. The molecule has 1 aromatic carbocycles. The summed E-state index contributed by atoms with van der Waals surface area (Å²) in [6.45, 7) is 16.4. The molecule has 1 atom stereocenters. The van der Waals surface area contributed by atoms with Gasteiger partial charge in [-0.25, -0.2) is 4.79 Å². The van der Waals surface area contributed by atoms with Crippen LogP contribution in [-0.2, 0) is 10.3 Å². The Morgan fingerprint density at radius 1 is 1.20 bits per heavy atom. The van der Waals surface area contributed by atoms with Gasteiger partial charge in [-0.15, -0.1) is 6.58 Å². The molecule has 1 aliphatic rings. The first-order chi connectivity index (χ1) is 11.6. The van der Waals surface area contributed by atoms with Crippen LogP contribution in [0.1, 0.15) is 46.6 Å². The number of benzene rings is 1. The molecular weight excluding hydrogens is 312 g/mol. The second-order valence-electron chi connectivity index (χ2n) is 8.22. The number of ether oxygens (including phenoxy) is 1. The Bertz CT molecular complexity index is 590. The Morgan fingerprint density at radius 3 is 2.40 bits per heavy atom. The van der Waals surface area contributed by atoms with Gasteiger partial charge in [0.1, 0.15) is 5.60 Å². The smallest absolute Gasteiger partial charge is 0.410 e. The molecule has 1 saturated heterocycles. The molecule has 2 rings (SSSR count). The average Bonchev–Trinajstić information content (AvgIpc) is 2.54. The molecule has 0 aliphatic carbocycles. The average molecular weight is 344 g/mol. The zero-order chi connectivity index (χ0) is 18.7. The lowest BCUT2D eigenvalue weighted by Crippen LogP contribution is -2.59. The first-order valence-corrected chi connectivity index (χ1v) is 9.06. The molecular formula is C21H32N2O2. The van der Waals surface area contributed by atoms with E-state index >= 15 is 0 Å². The van der Waals surface area contributed by atoms with Gasteiger partial charge in [-0.3, -0.25) is 4.90 Å². The maximum absolute atomic E-state index is 12.6. The van der Waals surface area contributed by atoms with Gasteiger partial charge in [0.05, 0.1) is 6.04 Å². The van der Waals surface area contributed by atoms with Crippen LogP contribution in [0.4, 0.5) is 4.79 Å². The fourth-order valence-electron chi connectivity index (χ4n) is 3.35. The molecule has 4 nitrogen and oxygen atoms in total. The highest BCUT2D eigenvalue weighted by Gasteiger charge is 2.38. The van der Waals surface area contributed by atoms with Crippen molar-refractivity contribution in [3.05, 3.63) is 48.6 Å². The van der Waals surface area contributed by atoms with Crippen LogP contribution in [0.5, 0.6) is 0 Å². The molecule has 4 heteroatoms. The molecule has 138 valence electrons. The summed E-state index contributed by atoms with van der Waals surface area (Å²) in [6.07, 6.45) is 2.43. The van der Waals surface area contributed by atoms with Crippen LogP contribution in [0.3, 0.4) is 0 Å². The van der Waals surface area contributed by atoms with Crippen molar-refractivity contribution in [2.75, 3.05) is 19.6 Å². The summed E-state index contributed by atoms with van der Waals surface area (Å²) in [4.78, 5) is 16.9. The third-order valence-electron chi connectivity index (χ3n) is 4.82. The van der Waals surface area contributed by atoms with Gasteiger partial charge < -0.3 is 9.64 Å². The number of carbonyl (C=O) groups is 1. The minimum atomic E-state index is -0.476. The fraction of sp³-hybridized carbons (Fsp3) is 0.571. The van der Waals surface area contributed by atoms with Crippen molar-refractivity contribution >= 4 is 6.09 Å². The van der Waals surface area contributed by atoms with Gasteiger partial charge in [0.15, 0.2) is 0 Å². The van der Waals surface area contributed by atoms with Crippen LogP contribution in [0, 0.1) is 0 Å². The SMILES string of the molecule is C=CCC1CN(C(C)(C)c2ccccc2)CCN1C(=O)OC(C)(C)C. The molecule has 0 aromatic heterocycles. The van der Waals surface area contributed by atoms with E-state index in [1.165, 1.54) is 5.56 Å². The van der Waals surface area contributed by atoms with Crippen molar-refractivity contribution in [1.82, 2.24) is 9.80 Å². The molecule has 1 aromatic rings. The largest absolute Gasteiger partial charge is 0.444 e. The second-order valence-corrected chi connectivity index (χ2v) is 8.22. The Kier molecular flexibility index (Phi) is 5.94. The number of hydrogen-bond acceptors (Lipinski definition) is 3. The Labute approximate surface area is 152 Å². The molecule has 0 radical (unpaired) electrons. The van der Waals surface area contributed by atoms with E-state index in [0.717, 1.165) is 19.5 Å². The predicted octanol–water partition coefficient (Wildman–Crippen LogP) is 4.42. The third-order valence-corrected chi connectivity index (χ3v) is 4.82. The molecule has 0 N–H and O–H groups in total. The molecule has 1 aliphatic heterocycles. The number of hydrogen-bond donors (Lipinski definition) is 0. The second kappa shape index (κ2) is 7.61. The zero-order valence-electron chi connectivity index (χ0n) is 16.3. The molecule has 0 spiro atoms. The van der Waals surface area contributed by atoms with E-state index in [4.69, 9.17) is 4.74 Å². The van der Waals surface area contributed by atoms with Gasteiger partial charge in [0.2, 0.25) is 0 Å². The lowest BCUT2D eigenvalue weighted by Gasteiger charge is -2.48. The minimum absolute atomic E-state index is 0.0826. The summed E-state index contributed by atoms with van der Waals surface area (Å²) in [5.41, 5.74) is 0.731. The van der Waals surface area contributed by atoms with Gasteiger partial charge in [0, 0.05) is 25.2 Å². The van der Waals surface area contributed by atoms with Gasteiger partial charge in [-0.1, -0.05) is 36.4 Å². The van der Waals surface area contributed by atoms with Crippen LogP contribution >= 0.6 is 0 Å². The maximum Gasteiger partial charge on any atom is 0.410 e. The number of amides is 1. The van der Waals surface area contributed by atoms with E-state index in [9.17, 15) is 4.79 Å². The number of piperazine rings is 1. The summed E-state index contributed by atoms with van der Waals surface area (Å²) in [5, 5.41) is 0. The van der Waals surface area contributed by atoms with Gasteiger partial charge in [-0.2, -0.15) is 0 Å². The highest BCUT2D eigenvalue weighted by molar-refractivity contribution is 5.68. The number of carbonyl (C=O) groups excluding carboxylic acids is 1. The van der Waals surface area contributed by atoms with Gasteiger partial charge >= 0.3 is 6.09 Å². The van der Waals surface area contributed by atoms with Crippen LogP contribution < -0.4 is 0 Å². The predicted molar refractivity (Wildman–Crippen MR) is 103 cm³/mol. The van der Waals surface area contributed by atoms with E-state index in [0.29, 0.717) is 6.54 Å². The van der Waals surface area contributed by atoms with Gasteiger partial charge in [0.25, 0.3) is 0 Å². The summed E-state index contributed by atoms with van der Waals surface area (Å²) in [7, 11) is 0. The standard InChI is InChI=1S/C21H32N2O2/c1-7-11-18-16-22(21(5,6)17-12-9-8-10-13-17)14-15-23(18)19(24)25-20(2,3)4/h7-10,12-13,18H,1,11,14-16H2,2-6H3. The van der Waals surface area contributed by atoms with Crippen LogP contribution in [0.25, 0.3) is 0 Å². The molecule has 0 saturated carbocycles. The van der Waals surface area contributed by atoms with Crippen LogP contribution in [0.15, 0.2) is 43.0 Å². The summed E-state index contributed by atoms with van der Waals surface area (Å²) in [5.74, 6) is 0. The Hall–Kier alpha value is -1.81. The van der Waals surface area contributed by atoms with Crippen LogP contribution in [-0.4, -0.2) is 47.2 Å². The number of rotatable bonds is 4. The van der Waals surface area contributed by atoms with Crippen molar-refractivity contribution in [2.45, 2.75) is 58.2 Å². The maximum atomic E-state index is 12.6. The van der Waals surface area contributed by atoms with Crippen molar-refractivity contribution in [3.63, 3.8) is 0 Å². The monoisotopic (exact) mass is 344 g/mol. The van der Waals surface area contributed by atoms with E-state index in [1.54, 1.807) is 0 Å². The van der Waals surface area contributed by atoms with Crippen molar-refractivity contribution < 1.29 is 9.53 Å². The minimum Gasteiger partial charge on any atom is -0.444 e. The molecule has 25 heavy (non-hydrogen) atoms. The van der Waals surface area contributed by atoms with Crippen molar-refractivity contribution in [3.8, 4) is 0 Å². The highest BCUT2D eigenvalue weighted by atomic mass is 16.6. The topological polar surface area (TPSA) is 32.8 Å². The third kappa shape index (κ3) is 4.85. The zero-order valence-corrected chi connectivity index (χ0v) is 16.3.